The van der Waals surface area contributed by atoms with Crippen LogP contribution in [0.2, 0.25) is 10.0 Å². The molecule has 2 heterocycles. The summed E-state index contributed by atoms with van der Waals surface area (Å²) in [6.07, 6.45) is 2.22. The number of carbonyl (C=O) groups is 1. The van der Waals surface area contributed by atoms with Gasteiger partial charge in [-0.05, 0) is 17.7 Å². The van der Waals surface area contributed by atoms with Crippen molar-refractivity contribution >= 4 is 45.6 Å². The number of thiazole rings is 1. The van der Waals surface area contributed by atoms with Crippen LogP contribution in [-0.4, -0.2) is 34.4 Å². The van der Waals surface area contributed by atoms with Gasteiger partial charge in [0.25, 0.3) is 11.5 Å². The lowest BCUT2D eigenvalue weighted by Crippen LogP contribution is -2.27. The summed E-state index contributed by atoms with van der Waals surface area (Å²) < 4.78 is 6.13. The van der Waals surface area contributed by atoms with Gasteiger partial charge in [0, 0.05) is 30.7 Å². The van der Waals surface area contributed by atoms with E-state index in [1.807, 2.05) is 12.1 Å². The molecule has 2 aromatic heterocycles. The van der Waals surface area contributed by atoms with Crippen molar-refractivity contribution in [2.24, 2.45) is 0 Å². The van der Waals surface area contributed by atoms with Crippen LogP contribution in [0.5, 0.6) is 0 Å². The van der Waals surface area contributed by atoms with Crippen molar-refractivity contribution in [3.63, 3.8) is 0 Å². The van der Waals surface area contributed by atoms with Crippen LogP contribution in [0.4, 0.5) is 5.13 Å². The summed E-state index contributed by atoms with van der Waals surface area (Å²) in [6.45, 7) is 0.581. The molecule has 7 nitrogen and oxygen atoms in total. The van der Waals surface area contributed by atoms with Crippen molar-refractivity contribution in [3.05, 3.63) is 73.1 Å². The monoisotopic (exact) mass is 438 g/mol. The second kappa shape index (κ2) is 9.29. The average Bonchev–Trinajstić information content (AvgIpc) is 3.11. The molecule has 1 aromatic carbocycles. The third kappa shape index (κ3) is 4.96. The van der Waals surface area contributed by atoms with Crippen LogP contribution in [0, 0.1) is 0 Å². The van der Waals surface area contributed by atoms with Gasteiger partial charge in [0.1, 0.15) is 5.69 Å². The van der Waals surface area contributed by atoms with E-state index in [4.69, 9.17) is 27.9 Å². The zero-order valence-corrected chi connectivity index (χ0v) is 17.1. The third-order valence-corrected chi connectivity index (χ3v) is 5.55. The van der Waals surface area contributed by atoms with E-state index in [0.29, 0.717) is 28.2 Å². The van der Waals surface area contributed by atoms with E-state index in [1.165, 1.54) is 35.3 Å². The van der Waals surface area contributed by atoms with Crippen molar-refractivity contribution in [1.29, 1.82) is 0 Å². The molecule has 3 aromatic rings. The number of anilines is 1. The van der Waals surface area contributed by atoms with E-state index in [0.717, 1.165) is 10.4 Å². The molecular weight excluding hydrogens is 423 g/mol. The summed E-state index contributed by atoms with van der Waals surface area (Å²) in [5.74, 6) is -0.451. The lowest BCUT2D eigenvalue weighted by atomic mass is 10.1. The largest absolute Gasteiger partial charge is 0.383 e. The molecule has 0 aliphatic heterocycles. The zero-order chi connectivity index (χ0) is 20.1. The van der Waals surface area contributed by atoms with Gasteiger partial charge in [-0.3, -0.25) is 14.9 Å². The standard InChI is InChI=1S/C18H16Cl2N4O3S/c1-27-8-7-24-15(25)6-5-14(23-24)17(26)22-18-21-10-12(28-18)9-11-3-2-4-13(19)16(11)20/h2-6,10H,7-9H2,1H3,(H,21,22,26). The molecular formula is C18H16Cl2N4O3S. The molecule has 0 atom stereocenters. The molecule has 0 saturated carbocycles. The molecule has 0 saturated heterocycles. The summed E-state index contributed by atoms with van der Waals surface area (Å²) in [6, 6.07) is 8.12. The SMILES string of the molecule is COCCn1nc(C(=O)Nc2ncc(Cc3cccc(Cl)c3Cl)s2)ccc1=O. The van der Waals surface area contributed by atoms with E-state index in [-0.39, 0.29) is 17.8 Å². The second-order valence-corrected chi connectivity index (χ2v) is 7.65. The molecule has 0 aliphatic rings. The van der Waals surface area contributed by atoms with E-state index < -0.39 is 5.91 Å². The molecule has 0 bridgehead atoms. The zero-order valence-electron chi connectivity index (χ0n) is 14.8. The number of ether oxygens (including phenoxy) is 1. The van der Waals surface area contributed by atoms with Crippen molar-refractivity contribution in [2.45, 2.75) is 13.0 Å². The number of nitrogens with one attached hydrogen (secondary N) is 1. The van der Waals surface area contributed by atoms with E-state index in [9.17, 15) is 9.59 Å². The summed E-state index contributed by atoms with van der Waals surface area (Å²) >= 11 is 13.6. The first kappa shape index (κ1) is 20.5. The van der Waals surface area contributed by atoms with Crippen LogP contribution in [-0.2, 0) is 17.7 Å². The van der Waals surface area contributed by atoms with Crippen LogP contribution in [0.25, 0.3) is 0 Å². The number of methoxy groups -OCH3 is 1. The normalized spacial score (nSPS) is 10.8. The number of hydrogen-bond acceptors (Lipinski definition) is 6. The highest BCUT2D eigenvalue weighted by atomic mass is 35.5. The predicted molar refractivity (Wildman–Crippen MR) is 110 cm³/mol. The number of carbonyl (C=O) groups excluding carboxylic acids is 1. The van der Waals surface area contributed by atoms with Gasteiger partial charge < -0.3 is 4.74 Å². The first-order valence-corrected chi connectivity index (χ1v) is 9.81. The summed E-state index contributed by atoms with van der Waals surface area (Å²) in [4.78, 5) is 29.3. The van der Waals surface area contributed by atoms with Gasteiger partial charge in [-0.15, -0.1) is 11.3 Å². The third-order valence-electron chi connectivity index (χ3n) is 3.78. The maximum absolute atomic E-state index is 12.4. The number of nitrogens with zero attached hydrogens (tertiary/aromatic N) is 3. The molecule has 10 heteroatoms. The molecule has 1 amide bonds. The van der Waals surface area contributed by atoms with Crippen LogP contribution in [0.1, 0.15) is 20.9 Å². The maximum atomic E-state index is 12.4. The van der Waals surface area contributed by atoms with E-state index >= 15 is 0 Å². The number of hydrogen-bond donors (Lipinski definition) is 1. The number of benzene rings is 1. The Kier molecular flexibility index (Phi) is 6.79. The minimum Gasteiger partial charge on any atom is -0.383 e. The Labute approximate surface area is 174 Å². The topological polar surface area (TPSA) is 86.1 Å². The van der Waals surface area contributed by atoms with Crippen LogP contribution >= 0.6 is 34.5 Å². The van der Waals surface area contributed by atoms with Crippen LogP contribution in [0.3, 0.4) is 0 Å². The quantitative estimate of drug-likeness (QED) is 0.609. The molecule has 0 spiro atoms. The molecule has 0 radical (unpaired) electrons. The molecule has 0 fully saturated rings. The van der Waals surface area contributed by atoms with E-state index in [2.05, 4.69) is 15.4 Å². The van der Waals surface area contributed by atoms with Crippen molar-refractivity contribution in [2.75, 3.05) is 19.0 Å². The van der Waals surface area contributed by atoms with Gasteiger partial charge in [0.15, 0.2) is 5.13 Å². The maximum Gasteiger partial charge on any atom is 0.277 e. The smallest absolute Gasteiger partial charge is 0.277 e. The van der Waals surface area contributed by atoms with E-state index in [1.54, 1.807) is 12.3 Å². The highest BCUT2D eigenvalue weighted by Crippen LogP contribution is 2.29. The van der Waals surface area contributed by atoms with Gasteiger partial charge in [0.05, 0.1) is 23.2 Å². The lowest BCUT2D eigenvalue weighted by molar-refractivity contribution is 0.101. The predicted octanol–water partition coefficient (Wildman–Crippen LogP) is 3.50. The summed E-state index contributed by atoms with van der Waals surface area (Å²) in [7, 11) is 1.53. The van der Waals surface area contributed by atoms with Crippen LogP contribution < -0.4 is 10.9 Å². The molecule has 146 valence electrons. The first-order valence-electron chi connectivity index (χ1n) is 8.24. The minimum atomic E-state index is -0.451. The van der Waals surface area contributed by atoms with Gasteiger partial charge in [-0.25, -0.2) is 9.67 Å². The Morgan fingerprint density at radius 3 is 2.89 bits per heavy atom. The fourth-order valence-electron chi connectivity index (χ4n) is 2.39. The molecule has 3 rings (SSSR count). The molecule has 0 aliphatic carbocycles. The highest BCUT2D eigenvalue weighted by Gasteiger charge is 2.13. The van der Waals surface area contributed by atoms with Gasteiger partial charge in [-0.1, -0.05) is 35.3 Å². The van der Waals surface area contributed by atoms with Crippen LogP contribution in [0.15, 0.2) is 41.3 Å². The molecule has 28 heavy (non-hydrogen) atoms. The average molecular weight is 439 g/mol. The fraction of sp³-hybridized carbons (Fsp3) is 0.222. The molecule has 1 N–H and O–H groups in total. The summed E-state index contributed by atoms with van der Waals surface area (Å²) in [5.41, 5.74) is 0.691. The van der Waals surface area contributed by atoms with Gasteiger partial charge in [0.2, 0.25) is 0 Å². The minimum absolute atomic E-state index is 0.116. The Hall–Kier alpha value is -2.26. The Morgan fingerprint density at radius 1 is 1.29 bits per heavy atom. The van der Waals surface area contributed by atoms with Crippen molar-refractivity contribution in [1.82, 2.24) is 14.8 Å². The Bertz CT molecular complexity index is 1050. The Morgan fingerprint density at radius 2 is 2.11 bits per heavy atom. The van der Waals surface area contributed by atoms with Gasteiger partial charge in [-0.2, -0.15) is 5.10 Å². The van der Waals surface area contributed by atoms with Crippen molar-refractivity contribution < 1.29 is 9.53 Å². The summed E-state index contributed by atoms with van der Waals surface area (Å²) in [5, 5.41) is 8.18. The number of halogens is 2. The molecule has 0 unspecified atom stereocenters. The highest BCUT2D eigenvalue weighted by molar-refractivity contribution is 7.15. The van der Waals surface area contributed by atoms with Crippen molar-refractivity contribution in [3.8, 4) is 0 Å². The fourth-order valence-corrected chi connectivity index (χ4v) is 3.61. The second-order valence-electron chi connectivity index (χ2n) is 5.75. The number of rotatable bonds is 7. The number of amides is 1. The lowest BCUT2D eigenvalue weighted by Gasteiger charge is -2.06. The first-order chi connectivity index (χ1) is 13.5. The van der Waals surface area contributed by atoms with Gasteiger partial charge >= 0.3 is 0 Å². The Balaban J connectivity index is 1.70. The number of aromatic nitrogens is 3.